The number of amides is 1. The normalized spacial score (nSPS) is 31.0. The Morgan fingerprint density at radius 2 is 1.82 bits per heavy atom. The van der Waals surface area contributed by atoms with Crippen molar-refractivity contribution in [1.82, 2.24) is 9.80 Å². The summed E-state index contributed by atoms with van der Waals surface area (Å²) in [5, 5.41) is 0.566. The van der Waals surface area contributed by atoms with E-state index in [-0.39, 0.29) is 5.91 Å². The molecule has 0 radical (unpaired) electrons. The Bertz CT molecular complexity index is 368. The summed E-state index contributed by atoms with van der Waals surface area (Å²) in [5.41, 5.74) is 0. The topological polar surface area (TPSA) is 32.8 Å². The fraction of sp³-hybridized carbons (Fsp3) is 0.941. The first kappa shape index (κ1) is 16.6. The highest BCUT2D eigenvalue weighted by molar-refractivity contribution is 7.99. The summed E-state index contributed by atoms with van der Waals surface area (Å²) in [4.78, 5) is 17.1. The maximum atomic E-state index is 12.5. The van der Waals surface area contributed by atoms with E-state index in [4.69, 9.17) is 4.74 Å². The predicted octanol–water partition coefficient (Wildman–Crippen LogP) is 2.37. The van der Waals surface area contributed by atoms with E-state index in [1.165, 1.54) is 45.2 Å². The molecule has 1 amide bonds. The van der Waals surface area contributed by atoms with Gasteiger partial charge in [-0.1, -0.05) is 19.3 Å². The second kappa shape index (κ2) is 8.02. The molecule has 3 rings (SSSR count). The van der Waals surface area contributed by atoms with Crippen molar-refractivity contribution < 1.29 is 9.53 Å². The van der Waals surface area contributed by atoms with E-state index in [1.807, 2.05) is 16.7 Å². The highest BCUT2D eigenvalue weighted by Gasteiger charge is 2.39. The quantitative estimate of drug-likeness (QED) is 0.776. The third kappa shape index (κ3) is 3.98. The highest BCUT2D eigenvalue weighted by Crippen LogP contribution is 2.28. The van der Waals surface area contributed by atoms with Crippen molar-refractivity contribution in [2.75, 3.05) is 39.0 Å². The predicted molar refractivity (Wildman–Crippen MR) is 91.3 cm³/mol. The number of carbonyl (C=O) groups is 1. The van der Waals surface area contributed by atoms with E-state index in [2.05, 4.69) is 11.2 Å². The number of hydrogen-bond acceptors (Lipinski definition) is 4. The number of rotatable bonds is 5. The molecule has 0 aromatic carbocycles. The molecule has 0 bridgehead atoms. The van der Waals surface area contributed by atoms with Crippen molar-refractivity contribution in [3.8, 4) is 0 Å². The van der Waals surface area contributed by atoms with Gasteiger partial charge >= 0.3 is 0 Å². The smallest absolute Gasteiger partial charge is 0.248 e. The van der Waals surface area contributed by atoms with E-state index < -0.39 is 0 Å². The van der Waals surface area contributed by atoms with Gasteiger partial charge in [0.2, 0.25) is 5.91 Å². The Kier molecular flexibility index (Phi) is 6.05. The van der Waals surface area contributed by atoms with E-state index in [0.717, 1.165) is 25.9 Å². The van der Waals surface area contributed by atoms with Gasteiger partial charge in [0.15, 0.2) is 0 Å². The summed E-state index contributed by atoms with van der Waals surface area (Å²) in [6.07, 6.45) is 11.3. The maximum Gasteiger partial charge on any atom is 0.248 e. The molecule has 3 fully saturated rings. The largest absolute Gasteiger partial charge is 0.368 e. The zero-order valence-electron chi connectivity index (χ0n) is 13.8. The van der Waals surface area contributed by atoms with Crippen molar-refractivity contribution in [1.29, 1.82) is 0 Å². The van der Waals surface area contributed by atoms with Gasteiger partial charge in [-0.05, 0) is 45.0 Å². The van der Waals surface area contributed by atoms with Crippen LogP contribution in [0.2, 0.25) is 0 Å². The van der Waals surface area contributed by atoms with Crippen LogP contribution in [0.15, 0.2) is 0 Å². The molecular formula is C17H30N2O2S. The number of carbonyl (C=O) groups excluding carboxylic acids is 1. The van der Waals surface area contributed by atoms with Crippen molar-refractivity contribution in [3.05, 3.63) is 0 Å². The van der Waals surface area contributed by atoms with E-state index >= 15 is 0 Å². The molecule has 0 unspecified atom stereocenters. The Morgan fingerprint density at radius 1 is 1.09 bits per heavy atom. The molecule has 0 aromatic heterocycles. The van der Waals surface area contributed by atoms with Crippen molar-refractivity contribution in [2.24, 2.45) is 0 Å². The molecule has 3 aliphatic rings. The van der Waals surface area contributed by atoms with Gasteiger partial charge in [-0.3, -0.25) is 9.69 Å². The first-order valence-corrected chi connectivity index (χ1v) is 10.2. The van der Waals surface area contributed by atoms with Crippen molar-refractivity contribution in [2.45, 2.75) is 62.3 Å². The Labute approximate surface area is 138 Å². The fourth-order valence-electron chi connectivity index (χ4n) is 4.13. The second-order valence-corrected chi connectivity index (χ2v) is 8.03. The third-order valence-corrected chi connectivity index (χ3v) is 6.57. The van der Waals surface area contributed by atoms with E-state index in [9.17, 15) is 4.79 Å². The van der Waals surface area contributed by atoms with E-state index in [1.54, 1.807) is 0 Å². The van der Waals surface area contributed by atoms with Gasteiger partial charge in [-0.25, -0.2) is 0 Å². The first-order valence-electron chi connectivity index (χ1n) is 8.94. The van der Waals surface area contributed by atoms with Crippen LogP contribution < -0.4 is 0 Å². The zero-order valence-corrected chi connectivity index (χ0v) is 14.7. The lowest BCUT2D eigenvalue weighted by molar-refractivity contribution is -0.137. The molecule has 22 heavy (non-hydrogen) atoms. The molecule has 1 saturated carbocycles. The maximum absolute atomic E-state index is 12.5. The molecule has 4 nitrogen and oxygen atoms in total. The van der Waals surface area contributed by atoms with Crippen LogP contribution in [-0.2, 0) is 9.53 Å². The van der Waals surface area contributed by atoms with Crippen LogP contribution >= 0.6 is 11.8 Å². The van der Waals surface area contributed by atoms with Crippen molar-refractivity contribution in [3.63, 3.8) is 0 Å². The summed E-state index contributed by atoms with van der Waals surface area (Å²) >= 11 is 1.92. The molecule has 2 saturated heterocycles. The molecule has 5 heteroatoms. The van der Waals surface area contributed by atoms with E-state index in [0.29, 0.717) is 24.0 Å². The number of nitrogens with zero attached hydrogens (tertiary/aromatic N) is 2. The Morgan fingerprint density at radius 3 is 2.50 bits per heavy atom. The molecule has 0 aromatic rings. The van der Waals surface area contributed by atoms with Crippen LogP contribution in [0.3, 0.4) is 0 Å². The van der Waals surface area contributed by atoms with Crippen LogP contribution in [-0.4, -0.2) is 72.1 Å². The lowest BCUT2D eigenvalue weighted by Crippen LogP contribution is -2.41. The van der Waals surface area contributed by atoms with Crippen LogP contribution in [0, 0.1) is 0 Å². The number of ether oxygens (including phenoxy) is 1. The fourth-order valence-corrected chi connectivity index (χ4v) is 5.03. The Hall–Kier alpha value is -0.260. The van der Waals surface area contributed by atoms with Crippen LogP contribution in [0.4, 0.5) is 0 Å². The van der Waals surface area contributed by atoms with Crippen LogP contribution in [0.25, 0.3) is 0 Å². The molecule has 2 aliphatic heterocycles. The SMILES string of the molecule is CS[C@H]1CN(C(=O)COC2CCCCC2)C[C@H]1N1CCCC1. The molecule has 0 spiro atoms. The lowest BCUT2D eigenvalue weighted by Gasteiger charge is -2.27. The Balaban J connectivity index is 1.47. The summed E-state index contributed by atoms with van der Waals surface area (Å²) in [5.74, 6) is 0.200. The molecule has 126 valence electrons. The molecule has 0 N–H and O–H groups in total. The third-order valence-electron chi connectivity index (χ3n) is 5.50. The molecular weight excluding hydrogens is 296 g/mol. The van der Waals surface area contributed by atoms with Gasteiger partial charge in [-0.2, -0.15) is 11.8 Å². The minimum atomic E-state index is 0.200. The molecule has 2 heterocycles. The second-order valence-electron chi connectivity index (χ2n) is 6.95. The average molecular weight is 327 g/mol. The van der Waals surface area contributed by atoms with Crippen LogP contribution in [0.5, 0.6) is 0 Å². The lowest BCUT2D eigenvalue weighted by atomic mass is 9.98. The summed E-state index contributed by atoms with van der Waals surface area (Å²) in [7, 11) is 0. The van der Waals surface area contributed by atoms with Gasteiger partial charge in [0.25, 0.3) is 0 Å². The standard InChI is InChI=1S/C17H30N2O2S/c1-22-16-12-19(11-15(16)18-9-5-6-10-18)17(20)13-21-14-7-3-2-4-8-14/h14-16H,2-13H2,1H3/t15-,16+/m1/s1. The van der Waals surface area contributed by atoms with Gasteiger partial charge in [0.05, 0.1) is 6.10 Å². The molecule has 2 atom stereocenters. The highest BCUT2D eigenvalue weighted by atomic mass is 32.2. The summed E-state index contributed by atoms with van der Waals surface area (Å²) < 4.78 is 5.88. The minimum absolute atomic E-state index is 0.200. The van der Waals surface area contributed by atoms with Crippen LogP contribution in [0.1, 0.15) is 44.9 Å². The number of thioether (sulfide) groups is 1. The van der Waals surface area contributed by atoms with Gasteiger partial charge in [0.1, 0.15) is 6.61 Å². The number of likely N-dealkylation sites (tertiary alicyclic amines) is 2. The van der Waals surface area contributed by atoms with Crippen molar-refractivity contribution >= 4 is 17.7 Å². The van der Waals surface area contributed by atoms with Gasteiger partial charge in [0, 0.05) is 24.4 Å². The van der Waals surface area contributed by atoms with Gasteiger partial charge in [-0.15, -0.1) is 0 Å². The first-order chi connectivity index (χ1) is 10.8. The van der Waals surface area contributed by atoms with Gasteiger partial charge < -0.3 is 9.64 Å². The minimum Gasteiger partial charge on any atom is -0.368 e. The zero-order chi connectivity index (χ0) is 15.4. The summed E-state index contributed by atoms with van der Waals surface area (Å²) in [6, 6.07) is 0.552. The average Bonchev–Trinajstić information content (AvgIpc) is 3.22. The summed E-state index contributed by atoms with van der Waals surface area (Å²) in [6.45, 7) is 4.51. The molecule has 1 aliphatic carbocycles. The number of hydrogen-bond donors (Lipinski definition) is 0. The monoisotopic (exact) mass is 326 g/mol.